The molecule has 5 aromatic rings. The second-order valence-corrected chi connectivity index (χ2v) is 6.64. The molecule has 0 saturated heterocycles. The largest absolute Gasteiger partial charge is 0.416 e. The summed E-state index contributed by atoms with van der Waals surface area (Å²) >= 11 is 0. The molecule has 0 unspecified atom stereocenters. The Morgan fingerprint density at radius 1 is 0.483 bits per heavy atom. The minimum Gasteiger partial charge on any atom is -0.416 e. The summed E-state index contributed by atoms with van der Waals surface area (Å²) in [6.07, 6.45) is 0. The van der Waals surface area contributed by atoms with Crippen molar-refractivity contribution in [1.29, 1.82) is 0 Å². The number of aryl methyl sites for hydroxylation is 1. The number of hydrogen-bond acceptors (Lipinski definition) is 6. The van der Waals surface area contributed by atoms with Gasteiger partial charge in [0.1, 0.15) is 0 Å². The Labute approximate surface area is 166 Å². The van der Waals surface area contributed by atoms with Gasteiger partial charge < -0.3 is 8.83 Å². The topological polar surface area (TPSA) is 77.8 Å². The van der Waals surface area contributed by atoms with Crippen LogP contribution in [0.2, 0.25) is 0 Å². The molecule has 140 valence electrons. The molecule has 0 N–H and O–H groups in total. The molecule has 0 spiro atoms. The lowest BCUT2D eigenvalue weighted by Crippen LogP contribution is -1.85. The zero-order chi connectivity index (χ0) is 19.6. The van der Waals surface area contributed by atoms with E-state index in [0.29, 0.717) is 23.6 Å². The van der Waals surface area contributed by atoms with Crippen molar-refractivity contribution in [3.63, 3.8) is 0 Å². The van der Waals surface area contributed by atoms with E-state index < -0.39 is 0 Å². The molecular formula is C23H16N4O2. The molecule has 6 heteroatoms. The summed E-state index contributed by atoms with van der Waals surface area (Å²) in [6, 6.07) is 25.2. The Hall–Kier alpha value is -4.06. The minimum absolute atomic E-state index is 0.441. The molecule has 0 aliphatic rings. The first-order valence-corrected chi connectivity index (χ1v) is 9.16. The van der Waals surface area contributed by atoms with Crippen LogP contribution < -0.4 is 0 Å². The van der Waals surface area contributed by atoms with Crippen LogP contribution in [0.1, 0.15) is 5.56 Å². The van der Waals surface area contributed by atoms with Crippen molar-refractivity contribution in [3.8, 4) is 45.8 Å². The summed E-state index contributed by atoms with van der Waals surface area (Å²) in [5, 5.41) is 16.8. The van der Waals surface area contributed by atoms with Gasteiger partial charge in [-0.25, -0.2) is 0 Å². The van der Waals surface area contributed by atoms with Crippen LogP contribution in [0.4, 0.5) is 0 Å². The van der Waals surface area contributed by atoms with Crippen LogP contribution in [0.15, 0.2) is 87.7 Å². The maximum atomic E-state index is 5.89. The second-order valence-electron chi connectivity index (χ2n) is 6.64. The summed E-state index contributed by atoms with van der Waals surface area (Å²) < 4.78 is 11.8. The predicted octanol–water partition coefficient (Wildman–Crippen LogP) is 5.43. The van der Waals surface area contributed by atoms with Crippen molar-refractivity contribution < 1.29 is 8.83 Å². The number of aromatic nitrogens is 4. The Kier molecular flexibility index (Phi) is 4.22. The molecule has 0 aliphatic heterocycles. The second kappa shape index (κ2) is 7.16. The van der Waals surface area contributed by atoms with Gasteiger partial charge in [-0.15, -0.1) is 20.4 Å². The molecule has 0 saturated carbocycles. The normalized spacial score (nSPS) is 10.9. The molecule has 3 aromatic carbocycles. The predicted molar refractivity (Wildman–Crippen MR) is 109 cm³/mol. The highest BCUT2D eigenvalue weighted by Crippen LogP contribution is 2.30. The lowest BCUT2D eigenvalue weighted by molar-refractivity contribution is 0.582. The van der Waals surface area contributed by atoms with E-state index in [0.717, 1.165) is 27.8 Å². The van der Waals surface area contributed by atoms with Gasteiger partial charge in [0.25, 0.3) is 0 Å². The SMILES string of the molecule is Cc1cc(-c2nnc(-c3ccccc3)o2)cc(-c2nnc(-c3ccccc3)o2)c1. The molecule has 6 nitrogen and oxygen atoms in total. The molecular weight excluding hydrogens is 364 g/mol. The van der Waals surface area contributed by atoms with Gasteiger partial charge in [0.15, 0.2) is 0 Å². The molecule has 5 rings (SSSR count). The molecule has 0 bridgehead atoms. The van der Waals surface area contributed by atoms with Crippen LogP contribution >= 0.6 is 0 Å². The van der Waals surface area contributed by atoms with E-state index in [-0.39, 0.29) is 0 Å². The van der Waals surface area contributed by atoms with E-state index in [4.69, 9.17) is 8.83 Å². The van der Waals surface area contributed by atoms with Gasteiger partial charge in [0, 0.05) is 22.3 Å². The van der Waals surface area contributed by atoms with E-state index >= 15 is 0 Å². The Bertz CT molecular complexity index is 1160. The van der Waals surface area contributed by atoms with E-state index in [1.807, 2.05) is 85.8 Å². The minimum atomic E-state index is 0.441. The van der Waals surface area contributed by atoms with Crippen molar-refractivity contribution >= 4 is 0 Å². The zero-order valence-corrected chi connectivity index (χ0v) is 15.6. The first-order valence-electron chi connectivity index (χ1n) is 9.16. The van der Waals surface area contributed by atoms with Crippen LogP contribution in [-0.4, -0.2) is 20.4 Å². The first-order chi connectivity index (χ1) is 14.3. The van der Waals surface area contributed by atoms with Crippen molar-refractivity contribution in [2.24, 2.45) is 0 Å². The van der Waals surface area contributed by atoms with Gasteiger partial charge in [0.05, 0.1) is 0 Å². The highest BCUT2D eigenvalue weighted by molar-refractivity contribution is 5.67. The maximum Gasteiger partial charge on any atom is 0.248 e. The van der Waals surface area contributed by atoms with E-state index in [2.05, 4.69) is 20.4 Å². The summed E-state index contributed by atoms with van der Waals surface area (Å²) in [6.45, 7) is 2.00. The van der Waals surface area contributed by atoms with Crippen molar-refractivity contribution in [2.75, 3.05) is 0 Å². The fourth-order valence-electron chi connectivity index (χ4n) is 3.10. The zero-order valence-electron chi connectivity index (χ0n) is 15.6. The number of benzene rings is 3. The Balaban J connectivity index is 1.50. The standard InChI is InChI=1S/C23H16N4O2/c1-15-12-18(22-26-24-20(28-22)16-8-4-2-5-9-16)14-19(13-15)23-27-25-21(29-23)17-10-6-3-7-11-17/h2-14H,1H3. The fraction of sp³-hybridized carbons (Fsp3) is 0.0435. The molecule has 2 heterocycles. The van der Waals surface area contributed by atoms with Gasteiger partial charge >= 0.3 is 0 Å². The third-order valence-electron chi connectivity index (χ3n) is 4.46. The van der Waals surface area contributed by atoms with Crippen LogP contribution in [0.5, 0.6) is 0 Å². The highest BCUT2D eigenvalue weighted by atomic mass is 16.4. The van der Waals surface area contributed by atoms with Gasteiger partial charge in [-0.1, -0.05) is 36.4 Å². The summed E-state index contributed by atoms with van der Waals surface area (Å²) in [7, 11) is 0. The molecule has 0 aliphatic carbocycles. The quantitative estimate of drug-likeness (QED) is 0.414. The lowest BCUT2D eigenvalue weighted by Gasteiger charge is -2.02. The molecule has 2 aromatic heterocycles. The number of rotatable bonds is 4. The molecule has 0 atom stereocenters. The van der Waals surface area contributed by atoms with Gasteiger partial charge in [-0.3, -0.25) is 0 Å². The van der Waals surface area contributed by atoms with Crippen LogP contribution in [0.25, 0.3) is 45.8 Å². The van der Waals surface area contributed by atoms with Crippen molar-refractivity contribution in [1.82, 2.24) is 20.4 Å². The molecule has 0 radical (unpaired) electrons. The smallest absolute Gasteiger partial charge is 0.248 e. The number of nitrogens with zero attached hydrogens (tertiary/aromatic N) is 4. The van der Waals surface area contributed by atoms with Gasteiger partial charge in [0.2, 0.25) is 23.6 Å². The highest BCUT2D eigenvalue weighted by Gasteiger charge is 2.15. The lowest BCUT2D eigenvalue weighted by atomic mass is 10.1. The van der Waals surface area contributed by atoms with Gasteiger partial charge in [-0.05, 0) is 55.0 Å². The fourth-order valence-corrected chi connectivity index (χ4v) is 3.10. The molecule has 0 amide bonds. The van der Waals surface area contributed by atoms with Crippen LogP contribution in [-0.2, 0) is 0 Å². The van der Waals surface area contributed by atoms with E-state index in [1.165, 1.54) is 0 Å². The van der Waals surface area contributed by atoms with Crippen molar-refractivity contribution in [3.05, 3.63) is 84.4 Å². The molecule has 29 heavy (non-hydrogen) atoms. The van der Waals surface area contributed by atoms with E-state index in [1.54, 1.807) is 0 Å². The van der Waals surface area contributed by atoms with Crippen molar-refractivity contribution in [2.45, 2.75) is 6.92 Å². The average molecular weight is 380 g/mol. The Morgan fingerprint density at radius 2 is 0.862 bits per heavy atom. The number of hydrogen-bond donors (Lipinski definition) is 0. The maximum absolute atomic E-state index is 5.89. The van der Waals surface area contributed by atoms with Crippen LogP contribution in [0.3, 0.4) is 0 Å². The monoisotopic (exact) mass is 380 g/mol. The average Bonchev–Trinajstić information content (AvgIpc) is 3.45. The Morgan fingerprint density at radius 3 is 1.28 bits per heavy atom. The van der Waals surface area contributed by atoms with E-state index in [9.17, 15) is 0 Å². The van der Waals surface area contributed by atoms with Crippen LogP contribution in [0, 0.1) is 6.92 Å². The third-order valence-corrected chi connectivity index (χ3v) is 4.46. The molecule has 0 fully saturated rings. The summed E-state index contributed by atoms with van der Waals surface area (Å²) in [5.41, 5.74) is 4.38. The third kappa shape index (κ3) is 3.43. The summed E-state index contributed by atoms with van der Waals surface area (Å²) in [5.74, 6) is 1.84. The summed E-state index contributed by atoms with van der Waals surface area (Å²) in [4.78, 5) is 0. The first kappa shape index (κ1) is 17.1. The van der Waals surface area contributed by atoms with Gasteiger partial charge in [-0.2, -0.15) is 0 Å².